The monoisotopic (exact) mass is 153 g/mol. The van der Waals surface area contributed by atoms with E-state index in [9.17, 15) is 4.79 Å². The van der Waals surface area contributed by atoms with E-state index in [0.29, 0.717) is 5.57 Å². The second-order valence-corrected chi connectivity index (χ2v) is 2.38. The average molecular weight is 153 g/mol. The Morgan fingerprint density at radius 3 is 2.64 bits per heavy atom. The number of nitrogens with zero attached hydrogens (tertiary/aromatic N) is 1. The lowest BCUT2D eigenvalue weighted by Crippen LogP contribution is -1.94. The van der Waals surface area contributed by atoms with Gasteiger partial charge in [-0.2, -0.15) is 0 Å². The molecule has 0 rings (SSSR count). The number of aliphatic imine (C=N–C) groups is 1. The Kier molecular flexibility index (Phi) is 5.35. The number of carbonyl (C=O) groups is 1. The minimum Gasteiger partial charge on any atom is -0.267 e. The molecule has 0 N–H and O–H groups in total. The van der Waals surface area contributed by atoms with Crippen molar-refractivity contribution in [1.82, 2.24) is 0 Å². The molecule has 0 aromatic carbocycles. The predicted molar refractivity (Wildman–Crippen MR) is 47.8 cm³/mol. The maximum absolute atomic E-state index is 11.0. The van der Waals surface area contributed by atoms with Crippen molar-refractivity contribution in [2.75, 3.05) is 0 Å². The maximum Gasteiger partial charge on any atom is 0.271 e. The fourth-order valence-electron chi connectivity index (χ4n) is 0.502. The molecule has 0 heterocycles. The fourth-order valence-corrected chi connectivity index (χ4v) is 0.502. The van der Waals surface area contributed by atoms with Gasteiger partial charge in [-0.15, -0.1) is 0 Å². The third-order valence-corrected chi connectivity index (χ3v) is 1.40. The largest absolute Gasteiger partial charge is 0.271 e. The van der Waals surface area contributed by atoms with Gasteiger partial charge in [-0.3, -0.25) is 4.79 Å². The van der Waals surface area contributed by atoms with E-state index < -0.39 is 0 Å². The van der Waals surface area contributed by atoms with Crippen LogP contribution in [0.2, 0.25) is 0 Å². The zero-order chi connectivity index (χ0) is 8.69. The van der Waals surface area contributed by atoms with Crippen LogP contribution in [0.1, 0.15) is 33.6 Å². The lowest BCUT2D eigenvalue weighted by molar-refractivity contribution is -0.114. The van der Waals surface area contributed by atoms with E-state index in [4.69, 9.17) is 0 Å². The van der Waals surface area contributed by atoms with Crippen LogP contribution in [0.4, 0.5) is 0 Å². The van der Waals surface area contributed by atoms with Crippen molar-refractivity contribution in [2.24, 2.45) is 4.99 Å². The highest BCUT2D eigenvalue weighted by Crippen LogP contribution is 1.94. The SMILES string of the molecule is C/C=C(\C)C(=O)N=CCCC. The molecule has 0 aliphatic carbocycles. The van der Waals surface area contributed by atoms with Gasteiger partial charge in [0.25, 0.3) is 5.91 Å². The molecule has 11 heavy (non-hydrogen) atoms. The topological polar surface area (TPSA) is 29.4 Å². The van der Waals surface area contributed by atoms with Gasteiger partial charge >= 0.3 is 0 Å². The summed E-state index contributed by atoms with van der Waals surface area (Å²) in [7, 11) is 0. The molecule has 0 saturated carbocycles. The van der Waals surface area contributed by atoms with Crippen LogP contribution in [0.25, 0.3) is 0 Å². The van der Waals surface area contributed by atoms with Crippen molar-refractivity contribution in [2.45, 2.75) is 33.6 Å². The molecule has 0 aromatic rings. The molecule has 0 unspecified atom stereocenters. The van der Waals surface area contributed by atoms with E-state index in [-0.39, 0.29) is 5.91 Å². The van der Waals surface area contributed by atoms with E-state index in [0.717, 1.165) is 12.8 Å². The molecule has 0 aliphatic heterocycles. The maximum atomic E-state index is 11.0. The van der Waals surface area contributed by atoms with Crippen LogP contribution >= 0.6 is 0 Å². The van der Waals surface area contributed by atoms with E-state index >= 15 is 0 Å². The minimum atomic E-state index is -0.124. The molecule has 0 spiro atoms. The number of rotatable bonds is 3. The van der Waals surface area contributed by atoms with Crippen LogP contribution in [0.3, 0.4) is 0 Å². The van der Waals surface area contributed by atoms with Gasteiger partial charge in [-0.05, 0) is 20.3 Å². The molecular formula is C9H15NO. The lowest BCUT2D eigenvalue weighted by atomic mass is 10.3. The van der Waals surface area contributed by atoms with Gasteiger partial charge in [0.05, 0.1) is 0 Å². The normalized spacial score (nSPS) is 12.5. The van der Waals surface area contributed by atoms with Crippen LogP contribution < -0.4 is 0 Å². The van der Waals surface area contributed by atoms with Crippen LogP contribution in [-0.2, 0) is 4.79 Å². The van der Waals surface area contributed by atoms with Crippen LogP contribution in [-0.4, -0.2) is 12.1 Å². The molecular weight excluding hydrogens is 138 g/mol. The van der Waals surface area contributed by atoms with Crippen molar-refractivity contribution in [1.29, 1.82) is 0 Å². The van der Waals surface area contributed by atoms with E-state index in [1.54, 1.807) is 19.2 Å². The van der Waals surface area contributed by atoms with Gasteiger partial charge in [-0.25, -0.2) is 4.99 Å². The number of allylic oxidation sites excluding steroid dienone is 1. The molecule has 62 valence electrons. The summed E-state index contributed by atoms with van der Waals surface area (Å²) >= 11 is 0. The highest BCUT2D eigenvalue weighted by Gasteiger charge is 1.96. The first-order valence-electron chi connectivity index (χ1n) is 3.92. The first-order valence-corrected chi connectivity index (χ1v) is 3.92. The zero-order valence-electron chi connectivity index (χ0n) is 7.42. The molecule has 0 atom stereocenters. The highest BCUT2D eigenvalue weighted by molar-refractivity contribution is 5.97. The van der Waals surface area contributed by atoms with Gasteiger partial charge in [0.2, 0.25) is 0 Å². The molecule has 0 fully saturated rings. The summed E-state index contributed by atoms with van der Waals surface area (Å²) in [5.41, 5.74) is 0.706. The van der Waals surface area contributed by atoms with Crippen molar-refractivity contribution >= 4 is 12.1 Å². The average Bonchev–Trinajstić information content (AvgIpc) is 2.03. The highest BCUT2D eigenvalue weighted by atomic mass is 16.1. The molecule has 0 radical (unpaired) electrons. The van der Waals surface area contributed by atoms with Crippen LogP contribution in [0.15, 0.2) is 16.6 Å². The van der Waals surface area contributed by atoms with Crippen LogP contribution in [0, 0.1) is 0 Å². The third-order valence-electron chi connectivity index (χ3n) is 1.40. The number of hydrogen-bond donors (Lipinski definition) is 0. The summed E-state index contributed by atoms with van der Waals surface area (Å²) in [4.78, 5) is 14.7. The summed E-state index contributed by atoms with van der Waals surface area (Å²) in [6.45, 7) is 5.66. The smallest absolute Gasteiger partial charge is 0.267 e. The second kappa shape index (κ2) is 5.83. The Labute approximate surface area is 68.0 Å². The fraction of sp³-hybridized carbons (Fsp3) is 0.556. The number of carbonyl (C=O) groups excluding carboxylic acids is 1. The molecule has 0 bridgehead atoms. The first-order chi connectivity index (χ1) is 5.22. The Morgan fingerprint density at radius 2 is 2.18 bits per heavy atom. The van der Waals surface area contributed by atoms with Gasteiger partial charge in [-0.1, -0.05) is 19.4 Å². The molecule has 0 aromatic heterocycles. The standard InChI is InChI=1S/C9H15NO/c1-4-6-7-10-9(11)8(3)5-2/h5,7H,4,6H2,1-3H3/b8-5+,10-7?. The van der Waals surface area contributed by atoms with Crippen molar-refractivity contribution in [3.05, 3.63) is 11.6 Å². The quantitative estimate of drug-likeness (QED) is 0.452. The van der Waals surface area contributed by atoms with Gasteiger partial charge in [0.1, 0.15) is 0 Å². The van der Waals surface area contributed by atoms with E-state index in [2.05, 4.69) is 11.9 Å². The lowest BCUT2D eigenvalue weighted by Gasteiger charge is -1.90. The summed E-state index contributed by atoms with van der Waals surface area (Å²) in [5, 5.41) is 0. The van der Waals surface area contributed by atoms with Gasteiger partial charge < -0.3 is 0 Å². The summed E-state index contributed by atoms with van der Waals surface area (Å²) in [5.74, 6) is -0.124. The van der Waals surface area contributed by atoms with Crippen LogP contribution in [0.5, 0.6) is 0 Å². The minimum absolute atomic E-state index is 0.124. The Hall–Kier alpha value is -0.920. The van der Waals surface area contributed by atoms with Gasteiger partial charge in [0.15, 0.2) is 0 Å². The van der Waals surface area contributed by atoms with E-state index in [1.807, 2.05) is 6.92 Å². The molecule has 2 heteroatoms. The van der Waals surface area contributed by atoms with E-state index in [1.165, 1.54) is 0 Å². The number of hydrogen-bond acceptors (Lipinski definition) is 1. The zero-order valence-corrected chi connectivity index (χ0v) is 7.42. The molecule has 1 amide bonds. The number of amides is 1. The third kappa shape index (κ3) is 4.48. The summed E-state index contributed by atoms with van der Waals surface area (Å²) < 4.78 is 0. The predicted octanol–water partition coefficient (Wildman–Crippen LogP) is 2.35. The Morgan fingerprint density at radius 1 is 1.55 bits per heavy atom. The Balaban J connectivity index is 3.87. The van der Waals surface area contributed by atoms with Gasteiger partial charge in [0, 0.05) is 11.8 Å². The molecule has 2 nitrogen and oxygen atoms in total. The molecule has 0 aliphatic rings. The summed E-state index contributed by atoms with van der Waals surface area (Å²) in [6, 6.07) is 0. The second-order valence-electron chi connectivity index (χ2n) is 2.38. The first kappa shape index (κ1) is 10.1. The van der Waals surface area contributed by atoms with Crippen molar-refractivity contribution in [3.63, 3.8) is 0 Å². The summed E-state index contributed by atoms with van der Waals surface area (Å²) in [6.07, 6.45) is 5.36. The number of unbranched alkanes of at least 4 members (excludes halogenated alkanes) is 1. The molecule has 0 saturated heterocycles. The Bertz CT molecular complexity index is 180. The van der Waals surface area contributed by atoms with Crippen molar-refractivity contribution < 1.29 is 4.79 Å². The van der Waals surface area contributed by atoms with Crippen molar-refractivity contribution in [3.8, 4) is 0 Å².